The molecule has 2 rings (SSSR count). The van der Waals surface area contributed by atoms with Gasteiger partial charge in [-0.25, -0.2) is 9.97 Å². The number of hydrogen-bond donors (Lipinski definition) is 3. The molecular weight excluding hydrogens is 359 g/mol. The molecule has 1 aliphatic rings. The van der Waals surface area contributed by atoms with Crippen LogP contribution >= 0.6 is 12.4 Å². The summed E-state index contributed by atoms with van der Waals surface area (Å²) in [5.74, 6) is -0.483. The van der Waals surface area contributed by atoms with Crippen molar-refractivity contribution in [3.05, 3.63) is 18.0 Å². The fraction of sp³-hybridized carbons (Fsp3) is 0.667. The zero-order valence-electron chi connectivity index (χ0n) is 13.9. The second-order valence-electron chi connectivity index (χ2n) is 6.29. The maximum atomic E-state index is 12.6. The van der Waals surface area contributed by atoms with E-state index in [1.165, 1.54) is 0 Å². The van der Waals surface area contributed by atoms with Crippen molar-refractivity contribution in [1.82, 2.24) is 15.3 Å². The first-order valence-corrected chi connectivity index (χ1v) is 7.91. The van der Waals surface area contributed by atoms with Crippen LogP contribution in [0.5, 0.6) is 0 Å². The normalized spacial score (nSPS) is 23.5. The first-order valence-electron chi connectivity index (χ1n) is 7.91. The standard InChI is InChI=1S/C15H22F3N5O.ClH/c1-14(19)6-3-2-4-10(14)12(24)20-8-9-22-13-21-7-5-11(23-13)15(16,17)18;/h5,7,10H,2-4,6,8-9,19H2,1H3,(H,20,24)(H,21,22,23);1H. The summed E-state index contributed by atoms with van der Waals surface area (Å²) >= 11 is 0. The fourth-order valence-corrected chi connectivity index (χ4v) is 2.87. The molecule has 1 aromatic heterocycles. The molecule has 6 nitrogen and oxygen atoms in total. The van der Waals surface area contributed by atoms with Crippen LogP contribution in [0.25, 0.3) is 0 Å². The van der Waals surface area contributed by atoms with Gasteiger partial charge in [0.25, 0.3) is 0 Å². The molecule has 0 saturated heterocycles. The minimum atomic E-state index is -4.51. The largest absolute Gasteiger partial charge is 0.433 e. The lowest BCUT2D eigenvalue weighted by Gasteiger charge is -2.37. The minimum absolute atomic E-state index is 0. The molecule has 25 heavy (non-hydrogen) atoms. The number of aromatic nitrogens is 2. The van der Waals surface area contributed by atoms with Crippen molar-refractivity contribution in [1.29, 1.82) is 0 Å². The topological polar surface area (TPSA) is 92.9 Å². The summed E-state index contributed by atoms with van der Waals surface area (Å²) in [5, 5.41) is 5.43. The zero-order valence-corrected chi connectivity index (χ0v) is 14.7. The zero-order chi connectivity index (χ0) is 17.8. The Labute approximate surface area is 150 Å². The smallest absolute Gasteiger partial charge is 0.354 e. The molecule has 10 heteroatoms. The predicted molar refractivity (Wildman–Crippen MR) is 90.3 cm³/mol. The number of carbonyl (C=O) groups excluding carboxylic acids is 1. The van der Waals surface area contributed by atoms with Gasteiger partial charge in [-0.1, -0.05) is 12.8 Å². The van der Waals surface area contributed by atoms with Gasteiger partial charge in [0.1, 0.15) is 5.69 Å². The van der Waals surface area contributed by atoms with Gasteiger partial charge in [0.05, 0.1) is 5.92 Å². The Morgan fingerprint density at radius 2 is 2.12 bits per heavy atom. The number of halogens is 4. The molecule has 1 aromatic rings. The molecule has 0 bridgehead atoms. The first-order chi connectivity index (χ1) is 11.2. The van der Waals surface area contributed by atoms with E-state index in [1.54, 1.807) is 0 Å². The van der Waals surface area contributed by atoms with Crippen LogP contribution in [0.1, 0.15) is 38.3 Å². The number of anilines is 1. The SMILES string of the molecule is CC1(N)CCCCC1C(=O)NCCNc1nccc(C(F)(F)F)n1.Cl. The Kier molecular flexibility index (Phi) is 7.43. The Balaban J connectivity index is 0.00000312. The van der Waals surface area contributed by atoms with Gasteiger partial charge in [0.15, 0.2) is 0 Å². The second-order valence-corrected chi connectivity index (χ2v) is 6.29. The van der Waals surface area contributed by atoms with Crippen molar-refractivity contribution in [2.24, 2.45) is 11.7 Å². The number of nitrogens with one attached hydrogen (secondary N) is 2. The van der Waals surface area contributed by atoms with Crippen molar-refractivity contribution >= 4 is 24.3 Å². The molecular formula is C15H23ClF3N5O. The molecule has 2 atom stereocenters. The molecule has 1 heterocycles. The van der Waals surface area contributed by atoms with E-state index in [4.69, 9.17) is 5.73 Å². The summed E-state index contributed by atoms with van der Waals surface area (Å²) in [4.78, 5) is 19.3. The molecule has 1 saturated carbocycles. The molecule has 142 valence electrons. The lowest BCUT2D eigenvalue weighted by Crippen LogP contribution is -2.53. The Morgan fingerprint density at radius 1 is 1.40 bits per heavy atom. The first kappa shape index (κ1) is 21.4. The maximum absolute atomic E-state index is 12.6. The molecule has 0 radical (unpaired) electrons. The van der Waals surface area contributed by atoms with E-state index in [1.807, 2.05) is 6.92 Å². The van der Waals surface area contributed by atoms with Gasteiger partial charge < -0.3 is 16.4 Å². The summed E-state index contributed by atoms with van der Waals surface area (Å²) in [5.41, 5.74) is 4.65. The van der Waals surface area contributed by atoms with Gasteiger partial charge in [-0.05, 0) is 25.8 Å². The van der Waals surface area contributed by atoms with Gasteiger partial charge in [0.2, 0.25) is 11.9 Å². The van der Waals surface area contributed by atoms with Crippen LogP contribution in [-0.4, -0.2) is 34.5 Å². The van der Waals surface area contributed by atoms with Crippen LogP contribution in [-0.2, 0) is 11.0 Å². The van der Waals surface area contributed by atoms with Crippen LogP contribution in [0.3, 0.4) is 0 Å². The van der Waals surface area contributed by atoms with Crippen molar-refractivity contribution in [2.75, 3.05) is 18.4 Å². The number of carbonyl (C=O) groups is 1. The van der Waals surface area contributed by atoms with Gasteiger partial charge in [-0.3, -0.25) is 4.79 Å². The van der Waals surface area contributed by atoms with E-state index in [-0.39, 0.29) is 43.3 Å². The molecule has 0 aliphatic heterocycles. The maximum Gasteiger partial charge on any atom is 0.433 e. The van der Waals surface area contributed by atoms with Crippen molar-refractivity contribution in [3.8, 4) is 0 Å². The number of amides is 1. The number of nitrogens with zero attached hydrogens (tertiary/aromatic N) is 2. The third kappa shape index (κ3) is 6.00. The van der Waals surface area contributed by atoms with E-state index in [9.17, 15) is 18.0 Å². The van der Waals surface area contributed by atoms with E-state index in [0.29, 0.717) is 0 Å². The minimum Gasteiger partial charge on any atom is -0.354 e. The molecule has 1 amide bonds. The molecule has 2 unspecified atom stereocenters. The van der Waals surface area contributed by atoms with Gasteiger partial charge >= 0.3 is 6.18 Å². The third-order valence-electron chi connectivity index (χ3n) is 4.22. The molecule has 0 aromatic carbocycles. The summed E-state index contributed by atoms with van der Waals surface area (Å²) in [6.45, 7) is 2.36. The van der Waals surface area contributed by atoms with Gasteiger partial charge in [-0.2, -0.15) is 13.2 Å². The molecule has 4 N–H and O–H groups in total. The molecule has 0 spiro atoms. The Bertz CT molecular complexity index is 583. The fourth-order valence-electron chi connectivity index (χ4n) is 2.87. The molecule has 1 aliphatic carbocycles. The summed E-state index contributed by atoms with van der Waals surface area (Å²) in [6, 6.07) is 0.804. The van der Waals surface area contributed by atoms with Crippen molar-refractivity contribution in [3.63, 3.8) is 0 Å². The van der Waals surface area contributed by atoms with Crippen LogP contribution in [0, 0.1) is 5.92 Å². The summed E-state index contributed by atoms with van der Waals surface area (Å²) in [6.07, 6.45) is 0.0790. The Morgan fingerprint density at radius 3 is 2.76 bits per heavy atom. The van der Waals surface area contributed by atoms with Crippen LogP contribution in [0.15, 0.2) is 12.3 Å². The van der Waals surface area contributed by atoms with E-state index in [2.05, 4.69) is 20.6 Å². The highest BCUT2D eigenvalue weighted by molar-refractivity contribution is 5.85. The lowest BCUT2D eigenvalue weighted by atomic mass is 9.74. The quantitative estimate of drug-likeness (QED) is 0.681. The van der Waals surface area contributed by atoms with E-state index < -0.39 is 17.4 Å². The van der Waals surface area contributed by atoms with Crippen LogP contribution < -0.4 is 16.4 Å². The third-order valence-corrected chi connectivity index (χ3v) is 4.22. The molecule has 1 fully saturated rings. The van der Waals surface area contributed by atoms with E-state index in [0.717, 1.165) is 37.9 Å². The lowest BCUT2D eigenvalue weighted by molar-refractivity contribution is -0.141. The average Bonchev–Trinajstić information content (AvgIpc) is 2.50. The van der Waals surface area contributed by atoms with Crippen LogP contribution in [0.4, 0.5) is 19.1 Å². The summed E-state index contributed by atoms with van der Waals surface area (Å²) in [7, 11) is 0. The number of alkyl halides is 3. The second kappa shape index (κ2) is 8.66. The van der Waals surface area contributed by atoms with Crippen LogP contribution in [0.2, 0.25) is 0 Å². The summed E-state index contributed by atoms with van der Waals surface area (Å²) < 4.78 is 37.7. The Hall–Kier alpha value is -1.61. The number of rotatable bonds is 5. The number of nitrogens with two attached hydrogens (primary N) is 1. The average molecular weight is 382 g/mol. The highest BCUT2D eigenvalue weighted by atomic mass is 35.5. The predicted octanol–water partition coefficient (Wildman–Crippen LogP) is 2.35. The van der Waals surface area contributed by atoms with Gasteiger partial charge in [-0.15, -0.1) is 12.4 Å². The van der Waals surface area contributed by atoms with Gasteiger partial charge in [0, 0.05) is 24.8 Å². The van der Waals surface area contributed by atoms with Crippen molar-refractivity contribution in [2.45, 2.75) is 44.3 Å². The number of hydrogen-bond acceptors (Lipinski definition) is 5. The highest BCUT2D eigenvalue weighted by Crippen LogP contribution is 2.31. The highest BCUT2D eigenvalue weighted by Gasteiger charge is 2.37. The monoisotopic (exact) mass is 381 g/mol. The van der Waals surface area contributed by atoms with Crippen molar-refractivity contribution < 1.29 is 18.0 Å². The van der Waals surface area contributed by atoms with E-state index >= 15 is 0 Å².